The fraction of sp³-hybridized carbons (Fsp3) is 0. The summed E-state index contributed by atoms with van der Waals surface area (Å²) in [5, 5.41) is 18.7. The molecule has 2 heterocycles. The number of thiophene rings is 1. The Morgan fingerprint density at radius 1 is 1.50 bits per heavy atom. The first-order valence-corrected chi connectivity index (χ1v) is 4.77. The molecule has 0 saturated heterocycles. The summed E-state index contributed by atoms with van der Waals surface area (Å²) in [6.45, 7) is 3.38. The molecule has 0 atom stereocenters. The van der Waals surface area contributed by atoms with Crippen molar-refractivity contribution >= 4 is 17.1 Å². The van der Waals surface area contributed by atoms with Crippen molar-refractivity contribution in [2.75, 3.05) is 0 Å². The molecule has 5 heteroatoms. The Bertz CT molecular complexity index is 453. The monoisotopic (exact) mass is 205 g/mol. The minimum Gasteiger partial charge on any atom is -0.506 e. The van der Waals surface area contributed by atoms with E-state index < -0.39 is 0 Å². The summed E-state index contributed by atoms with van der Waals surface area (Å²) < 4.78 is 0. The first-order valence-electron chi connectivity index (χ1n) is 3.89. The summed E-state index contributed by atoms with van der Waals surface area (Å²) in [5.74, 6) is 0.408. The maximum atomic E-state index is 9.12. The molecule has 0 bridgehead atoms. The lowest BCUT2D eigenvalue weighted by molar-refractivity contribution is 0.509. The molecule has 70 valence electrons. The molecule has 0 radical (unpaired) electrons. The zero-order valence-corrected chi connectivity index (χ0v) is 8.03. The van der Waals surface area contributed by atoms with E-state index in [2.05, 4.69) is 21.8 Å². The number of aromatic nitrogens is 3. The summed E-state index contributed by atoms with van der Waals surface area (Å²) in [6.07, 6.45) is 1.37. The highest BCUT2D eigenvalue weighted by Gasteiger charge is 2.05. The molecule has 0 aliphatic rings. The Morgan fingerprint density at radius 2 is 2.36 bits per heavy atom. The second-order valence-electron chi connectivity index (χ2n) is 2.59. The number of aliphatic hydroxyl groups excluding tert-OH is 1. The van der Waals surface area contributed by atoms with E-state index in [1.165, 1.54) is 17.5 Å². The van der Waals surface area contributed by atoms with E-state index in [-0.39, 0.29) is 5.76 Å². The van der Waals surface area contributed by atoms with Crippen LogP contribution >= 0.6 is 11.3 Å². The third kappa shape index (κ3) is 1.62. The van der Waals surface area contributed by atoms with Gasteiger partial charge < -0.3 is 5.11 Å². The number of nitrogens with zero attached hydrogens (tertiary/aromatic N) is 3. The van der Waals surface area contributed by atoms with Crippen LogP contribution in [0.1, 0.15) is 5.69 Å². The average molecular weight is 205 g/mol. The largest absolute Gasteiger partial charge is 0.506 e. The molecule has 0 unspecified atom stereocenters. The molecule has 0 amide bonds. The molecular formula is C9H7N3OS. The van der Waals surface area contributed by atoms with Crippen molar-refractivity contribution in [3.8, 4) is 10.7 Å². The highest BCUT2D eigenvalue weighted by Crippen LogP contribution is 2.20. The van der Waals surface area contributed by atoms with E-state index in [1.54, 1.807) is 0 Å². The van der Waals surface area contributed by atoms with Gasteiger partial charge in [-0.05, 0) is 11.4 Å². The van der Waals surface area contributed by atoms with E-state index in [1.807, 2.05) is 17.5 Å². The summed E-state index contributed by atoms with van der Waals surface area (Å²) in [4.78, 5) is 5.02. The molecular weight excluding hydrogens is 198 g/mol. The molecule has 2 aromatic rings. The second kappa shape index (κ2) is 3.55. The smallest absolute Gasteiger partial charge is 0.192 e. The first-order chi connectivity index (χ1) is 6.77. The standard InChI is InChI=1S/C9H7N3OS/c1-6(13)7-5-10-12-9(11-7)8-3-2-4-14-8/h2-5,13H,1H2. The van der Waals surface area contributed by atoms with Gasteiger partial charge in [0.15, 0.2) is 5.82 Å². The Hall–Kier alpha value is -1.75. The average Bonchev–Trinajstić information content (AvgIpc) is 2.71. The van der Waals surface area contributed by atoms with Crippen LogP contribution in [0.15, 0.2) is 30.3 Å². The van der Waals surface area contributed by atoms with Crippen LogP contribution in [0.3, 0.4) is 0 Å². The minimum atomic E-state index is -0.0993. The van der Waals surface area contributed by atoms with Gasteiger partial charge in [0.1, 0.15) is 11.5 Å². The summed E-state index contributed by atoms with van der Waals surface area (Å²) in [6, 6.07) is 3.80. The van der Waals surface area contributed by atoms with Crippen molar-refractivity contribution in [2.45, 2.75) is 0 Å². The topological polar surface area (TPSA) is 58.9 Å². The maximum Gasteiger partial charge on any atom is 0.192 e. The molecule has 0 spiro atoms. The molecule has 14 heavy (non-hydrogen) atoms. The van der Waals surface area contributed by atoms with Gasteiger partial charge in [0.05, 0.1) is 11.1 Å². The van der Waals surface area contributed by atoms with Crippen LogP contribution in [0.25, 0.3) is 16.5 Å². The number of hydrogen-bond acceptors (Lipinski definition) is 5. The van der Waals surface area contributed by atoms with E-state index >= 15 is 0 Å². The molecule has 4 nitrogen and oxygen atoms in total. The Morgan fingerprint density at radius 3 is 3.00 bits per heavy atom. The molecule has 0 aliphatic carbocycles. The van der Waals surface area contributed by atoms with Crippen LogP contribution in [-0.4, -0.2) is 20.3 Å². The van der Waals surface area contributed by atoms with Crippen LogP contribution in [0.4, 0.5) is 0 Å². The van der Waals surface area contributed by atoms with Crippen LogP contribution < -0.4 is 0 Å². The normalized spacial score (nSPS) is 10.0. The summed E-state index contributed by atoms with van der Waals surface area (Å²) in [7, 11) is 0. The van der Waals surface area contributed by atoms with Crippen LogP contribution in [-0.2, 0) is 0 Å². The van der Waals surface area contributed by atoms with E-state index in [0.29, 0.717) is 11.5 Å². The lowest BCUT2D eigenvalue weighted by atomic mass is 10.4. The number of hydrogen-bond donors (Lipinski definition) is 1. The van der Waals surface area contributed by atoms with Crippen molar-refractivity contribution in [3.63, 3.8) is 0 Å². The highest BCUT2D eigenvalue weighted by atomic mass is 32.1. The van der Waals surface area contributed by atoms with Crippen molar-refractivity contribution in [2.24, 2.45) is 0 Å². The first kappa shape index (κ1) is 8.83. The van der Waals surface area contributed by atoms with E-state index in [0.717, 1.165) is 4.88 Å². The molecule has 0 aromatic carbocycles. The molecule has 0 saturated carbocycles. The van der Waals surface area contributed by atoms with E-state index in [4.69, 9.17) is 5.11 Å². The number of aliphatic hydroxyl groups is 1. The van der Waals surface area contributed by atoms with Gasteiger partial charge in [0, 0.05) is 0 Å². The van der Waals surface area contributed by atoms with Gasteiger partial charge in [-0.1, -0.05) is 12.6 Å². The van der Waals surface area contributed by atoms with Crippen LogP contribution in [0, 0.1) is 0 Å². The van der Waals surface area contributed by atoms with Crippen LogP contribution in [0.2, 0.25) is 0 Å². The Kier molecular flexibility index (Phi) is 2.24. The third-order valence-electron chi connectivity index (χ3n) is 1.60. The maximum absolute atomic E-state index is 9.12. The van der Waals surface area contributed by atoms with Crippen molar-refractivity contribution in [1.29, 1.82) is 0 Å². The van der Waals surface area contributed by atoms with Gasteiger partial charge in [0.2, 0.25) is 0 Å². The van der Waals surface area contributed by atoms with Crippen molar-refractivity contribution in [1.82, 2.24) is 15.2 Å². The minimum absolute atomic E-state index is 0.0993. The van der Waals surface area contributed by atoms with Gasteiger partial charge in [0.25, 0.3) is 0 Å². The molecule has 2 rings (SSSR count). The Labute approximate surface area is 84.6 Å². The zero-order valence-electron chi connectivity index (χ0n) is 7.21. The summed E-state index contributed by atoms with van der Waals surface area (Å²) in [5.41, 5.74) is 0.350. The highest BCUT2D eigenvalue weighted by molar-refractivity contribution is 7.13. The second-order valence-corrected chi connectivity index (χ2v) is 3.54. The molecule has 0 aliphatic heterocycles. The lowest BCUT2D eigenvalue weighted by Crippen LogP contribution is -1.95. The predicted octanol–water partition coefficient (Wildman–Crippen LogP) is 2.13. The van der Waals surface area contributed by atoms with Gasteiger partial charge in [-0.3, -0.25) is 0 Å². The van der Waals surface area contributed by atoms with Crippen molar-refractivity contribution < 1.29 is 5.11 Å². The number of rotatable bonds is 2. The van der Waals surface area contributed by atoms with Gasteiger partial charge >= 0.3 is 0 Å². The van der Waals surface area contributed by atoms with E-state index in [9.17, 15) is 0 Å². The SMILES string of the molecule is C=C(O)c1cnnc(-c2cccs2)n1. The molecule has 0 fully saturated rings. The Balaban J connectivity index is 2.46. The third-order valence-corrected chi connectivity index (χ3v) is 2.46. The zero-order chi connectivity index (χ0) is 9.97. The fourth-order valence-electron chi connectivity index (χ4n) is 0.953. The quantitative estimate of drug-likeness (QED) is 0.763. The van der Waals surface area contributed by atoms with Crippen molar-refractivity contribution in [3.05, 3.63) is 36.0 Å². The lowest BCUT2D eigenvalue weighted by Gasteiger charge is -1.98. The molecule has 2 aromatic heterocycles. The van der Waals surface area contributed by atoms with Gasteiger partial charge in [-0.15, -0.1) is 16.4 Å². The van der Waals surface area contributed by atoms with Gasteiger partial charge in [-0.2, -0.15) is 5.10 Å². The predicted molar refractivity (Wildman–Crippen MR) is 54.8 cm³/mol. The summed E-state index contributed by atoms with van der Waals surface area (Å²) >= 11 is 1.52. The fourth-order valence-corrected chi connectivity index (χ4v) is 1.61. The molecule has 1 N–H and O–H groups in total. The van der Waals surface area contributed by atoms with Crippen LogP contribution in [0.5, 0.6) is 0 Å². The van der Waals surface area contributed by atoms with Gasteiger partial charge in [-0.25, -0.2) is 4.98 Å².